The van der Waals surface area contributed by atoms with E-state index in [4.69, 9.17) is 11.6 Å². The molecule has 0 atom stereocenters. The second kappa shape index (κ2) is 4.79. The molecule has 0 saturated carbocycles. The highest BCUT2D eigenvalue weighted by atomic mass is 35.5. The summed E-state index contributed by atoms with van der Waals surface area (Å²) in [6.07, 6.45) is 1.80. The quantitative estimate of drug-likeness (QED) is 0.539. The van der Waals surface area contributed by atoms with E-state index in [9.17, 15) is 0 Å². The molecule has 2 heterocycles. The standard InChI is InChI=1S/C17H12ClN3/c18-11-4-3-5-12(10-11)20-15-8-9-19-17-16(15)13-6-1-2-7-14(13)21-17/h1-10H,(H2,19,20,21). The van der Waals surface area contributed by atoms with Crippen LogP contribution in [0.4, 0.5) is 11.4 Å². The van der Waals surface area contributed by atoms with Gasteiger partial charge in [-0.25, -0.2) is 4.98 Å². The maximum absolute atomic E-state index is 6.04. The minimum atomic E-state index is 0.712. The fraction of sp³-hybridized carbons (Fsp3) is 0. The predicted octanol–water partition coefficient (Wildman–Crippen LogP) is 5.11. The first kappa shape index (κ1) is 12.2. The number of benzene rings is 2. The molecule has 0 aliphatic heterocycles. The van der Waals surface area contributed by atoms with Gasteiger partial charge in [-0.3, -0.25) is 0 Å². The zero-order valence-electron chi connectivity index (χ0n) is 11.1. The van der Waals surface area contributed by atoms with Crippen LogP contribution in [-0.2, 0) is 0 Å². The average molecular weight is 294 g/mol. The maximum atomic E-state index is 6.04. The number of pyridine rings is 1. The van der Waals surface area contributed by atoms with Crippen LogP contribution in [0.15, 0.2) is 60.8 Å². The summed E-state index contributed by atoms with van der Waals surface area (Å²) in [5.74, 6) is 0. The van der Waals surface area contributed by atoms with Crippen molar-refractivity contribution in [1.82, 2.24) is 9.97 Å². The van der Waals surface area contributed by atoms with Crippen LogP contribution in [-0.4, -0.2) is 9.97 Å². The summed E-state index contributed by atoms with van der Waals surface area (Å²) in [5, 5.41) is 6.38. The third-order valence-corrected chi connectivity index (χ3v) is 3.74. The highest BCUT2D eigenvalue weighted by molar-refractivity contribution is 6.30. The Balaban J connectivity index is 1.92. The van der Waals surface area contributed by atoms with Crippen molar-refractivity contribution in [2.45, 2.75) is 0 Å². The van der Waals surface area contributed by atoms with Gasteiger partial charge in [0.05, 0.1) is 11.1 Å². The number of H-pyrrole nitrogens is 1. The molecule has 2 N–H and O–H groups in total. The molecule has 2 aromatic heterocycles. The summed E-state index contributed by atoms with van der Waals surface area (Å²) < 4.78 is 0. The number of hydrogen-bond donors (Lipinski definition) is 2. The van der Waals surface area contributed by atoms with Gasteiger partial charge < -0.3 is 10.3 Å². The summed E-state index contributed by atoms with van der Waals surface area (Å²) in [6.45, 7) is 0. The first-order valence-electron chi connectivity index (χ1n) is 6.69. The van der Waals surface area contributed by atoms with E-state index in [2.05, 4.69) is 27.4 Å². The first-order valence-corrected chi connectivity index (χ1v) is 7.07. The first-order chi connectivity index (χ1) is 10.3. The molecule has 0 aliphatic rings. The Hall–Kier alpha value is -2.52. The molecule has 4 aromatic rings. The van der Waals surface area contributed by atoms with E-state index in [1.807, 2.05) is 42.5 Å². The van der Waals surface area contributed by atoms with E-state index < -0.39 is 0 Å². The molecule has 0 radical (unpaired) electrons. The number of nitrogens with one attached hydrogen (secondary N) is 2. The van der Waals surface area contributed by atoms with Gasteiger partial charge in [0.15, 0.2) is 0 Å². The molecule has 0 fully saturated rings. The van der Waals surface area contributed by atoms with Crippen LogP contribution in [0.25, 0.3) is 21.9 Å². The molecule has 4 rings (SSSR count). The Bertz CT molecular complexity index is 943. The monoisotopic (exact) mass is 293 g/mol. The van der Waals surface area contributed by atoms with Crippen LogP contribution in [0.5, 0.6) is 0 Å². The number of hydrogen-bond acceptors (Lipinski definition) is 2. The molecule has 0 spiro atoms. The van der Waals surface area contributed by atoms with Crippen molar-refractivity contribution in [2.24, 2.45) is 0 Å². The van der Waals surface area contributed by atoms with E-state index in [1.165, 1.54) is 0 Å². The maximum Gasteiger partial charge on any atom is 0.140 e. The molecule has 0 saturated heterocycles. The van der Waals surface area contributed by atoms with Gasteiger partial charge in [0.25, 0.3) is 0 Å². The van der Waals surface area contributed by atoms with Gasteiger partial charge in [-0.1, -0.05) is 35.9 Å². The van der Waals surface area contributed by atoms with Crippen LogP contribution < -0.4 is 5.32 Å². The zero-order valence-corrected chi connectivity index (χ0v) is 11.9. The third-order valence-electron chi connectivity index (χ3n) is 3.50. The Morgan fingerprint density at radius 1 is 1.00 bits per heavy atom. The Morgan fingerprint density at radius 3 is 2.81 bits per heavy atom. The van der Waals surface area contributed by atoms with Crippen LogP contribution >= 0.6 is 11.6 Å². The van der Waals surface area contributed by atoms with E-state index in [1.54, 1.807) is 6.20 Å². The lowest BCUT2D eigenvalue weighted by atomic mass is 10.1. The van der Waals surface area contributed by atoms with Gasteiger partial charge in [0.1, 0.15) is 5.65 Å². The normalized spacial score (nSPS) is 11.1. The minimum Gasteiger partial charge on any atom is -0.355 e. The molecular weight excluding hydrogens is 282 g/mol. The molecule has 102 valence electrons. The fourth-order valence-electron chi connectivity index (χ4n) is 2.59. The van der Waals surface area contributed by atoms with E-state index in [0.717, 1.165) is 33.3 Å². The zero-order chi connectivity index (χ0) is 14.2. The molecule has 0 bridgehead atoms. The number of fused-ring (bicyclic) bond motifs is 3. The van der Waals surface area contributed by atoms with Gasteiger partial charge in [-0.05, 0) is 30.3 Å². The van der Waals surface area contributed by atoms with Gasteiger partial charge in [0.2, 0.25) is 0 Å². The number of aromatic amines is 1. The molecule has 4 heteroatoms. The second-order valence-corrected chi connectivity index (χ2v) is 5.32. The van der Waals surface area contributed by atoms with Gasteiger partial charge in [-0.2, -0.15) is 0 Å². The van der Waals surface area contributed by atoms with E-state index in [-0.39, 0.29) is 0 Å². The molecule has 0 amide bonds. The van der Waals surface area contributed by atoms with Gasteiger partial charge in [-0.15, -0.1) is 0 Å². The van der Waals surface area contributed by atoms with Crippen molar-refractivity contribution in [3.05, 3.63) is 65.8 Å². The number of nitrogens with zero attached hydrogens (tertiary/aromatic N) is 1. The summed E-state index contributed by atoms with van der Waals surface area (Å²) in [6, 6.07) is 17.9. The molecular formula is C17H12ClN3. The molecule has 2 aromatic carbocycles. The molecule has 3 nitrogen and oxygen atoms in total. The van der Waals surface area contributed by atoms with Crippen molar-refractivity contribution in [3.63, 3.8) is 0 Å². The summed E-state index contributed by atoms with van der Waals surface area (Å²) in [7, 11) is 0. The second-order valence-electron chi connectivity index (χ2n) is 4.89. The van der Waals surface area contributed by atoms with Crippen molar-refractivity contribution in [1.29, 1.82) is 0 Å². The number of para-hydroxylation sites is 1. The molecule has 0 unspecified atom stereocenters. The number of halogens is 1. The topological polar surface area (TPSA) is 40.7 Å². The summed E-state index contributed by atoms with van der Waals surface area (Å²) in [4.78, 5) is 7.76. The van der Waals surface area contributed by atoms with Crippen LogP contribution in [0.2, 0.25) is 5.02 Å². The van der Waals surface area contributed by atoms with Crippen LogP contribution in [0, 0.1) is 0 Å². The van der Waals surface area contributed by atoms with Crippen LogP contribution in [0.3, 0.4) is 0 Å². The van der Waals surface area contributed by atoms with Crippen LogP contribution in [0.1, 0.15) is 0 Å². The lowest BCUT2D eigenvalue weighted by Crippen LogP contribution is -1.91. The smallest absolute Gasteiger partial charge is 0.140 e. The molecule has 21 heavy (non-hydrogen) atoms. The lowest BCUT2D eigenvalue weighted by Gasteiger charge is -2.08. The largest absolute Gasteiger partial charge is 0.355 e. The van der Waals surface area contributed by atoms with E-state index in [0.29, 0.717) is 5.02 Å². The summed E-state index contributed by atoms with van der Waals surface area (Å²) in [5.41, 5.74) is 3.93. The number of anilines is 2. The average Bonchev–Trinajstić information content (AvgIpc) is 2.87. The van der Waals surface area contributed by atoms with Crippen molar-refractivity contribution >= 4 is 44.9 Å². The third kappa shape index (κ3) is 2.12. The highest BCUT2D eigenvalue weighted by Crippen LogP contribution is 2.32. The van der Waals surface area contributed by atoms with Gasteiger partial charge in [0, 0.05) is 27.8 Å². The van der Waals surface area contributed by atoms with Gasteiger partial charge >= 0.3 is 0 Å². The number of aromatic nitrogens is 2. The Kier molecular flexibility index (Phi) is 2.79. The Labute approximate surface area is 126 Å². The highest BCUT2D eigenvalue weighted by Gasteiger charge is 2.09. The SMILES string of the molecule is Clc1cccc(Nc2ccnc3[nH]c4ccccc4c23)c1. The van der Waals surface area contributed by atoms with E-state index >= 15 is 0 Å². The predicted molar refractivity (Wildman–Crippen MR) is 88.3 cm³/mol. The Morgan fingerprint density at radius 2 is 1.90 bits per heavy atom. The number of rotatable bonds is 2. The van der Waals surface area contributed by atoms with Crippen molar-refractivity contribution < 1.29 is 0 Å². The fourth-order valence-corrected chi connectivity index (χ4v) is 2.78. The van der Waals surface area contributed by atoms with Crippen molar-refractivity contribution in [2.75, 3.05) is 5.32 Å². The van der Waals surface area contributed by atoms with Crippen molar-refractivity contribution in [3.8, 4) is 0 Å². The molecule has 0 aliphatic carbocycles. The summed E-state index contributed by atoms with van der Waals surface area (Å²) >= 11 is 6.04. The minimum absolute atomic E-state index is 0.712. The lowest BCUT2D eigenvalue weighted by molar-refractivity contribution is 1.34.